The molecule has 0 fully saturated rings. The van der Waals surface area contributed by atoms with Crippen LogP contribution in [0.5, 0.6) is 5.75 Å². The summed E-state index contributed by atoms with van der Waals surface area (Å²) in [7, 11) is 0. The highest BCUT2D eigenvalue weighted by Crippen LogP contribution is 2.21. The second-order valence-electron chi connectivity index (χ2n) is 2.71. The predicted octanol–water partition coefficient (Wildman–Crippen LogP) is 2.31. The molecule has 80 valence electrons. The minimum Gasteiger partial charge on any atom is -0.426 e. The van der Waals surface area contributed by atoms with Gasteiger partial charge in [0.05, 0.1) is 0 Å². The SMILES string of the molecule is O=CC(Cl)c1ccc(OC(=O)CCl)cc1. The van der Waals surface area contributed by atoms with Gasteiger partial charge in [0.2, 0.25) is 0 Å². The zero-order chi connectivity index (χ0) is 11.3. The van der Waals surface area contributed by atoms with E-state index in [0.717, 1.165) is 0 Å². The molecule has 1 atom stereocenters. The third-order valence-electron chi connectivity index (χ3n) is 1.66. The number of halogens is 2. The Kier molecular flexibility index (Phi) is 4.59. The maximum Gasteiger partial charge on any atom is 0.326 e. The molecule has 0 aliphatic carbocycles. The number of carbonyl (C=O) groups is 2. The number of ether oxygens (including phenoxy) is 1. The molecular weight excluding hydrogens is 239 g/mol. The normalized spacial score (nSPS) is 11.9. The topological polar surface area (TPSA) is 43.4 Å². The molecule has 1 rings (SSSR count). The van der Waals surface area contributed by atoms with Gasteiger partial charge in [0, 0.05) is 0 Å². The van der Waals surface area contributed by atoms with E-state index in [4.69, 9.17) is 27.9 Å². The monoisotopic (exact) mass is 246 g/mol. The number of aldehydes is 1. The Morgan fingerprint density at radius 3 is 2.47 bits per heavy atom. The van der Waals surface area contributed by atoms with Gasteiger partial charge < -0.3 is 9.53 Å². The van der Waals surface area contributed by atoms with Crippen molar-refractivity contribution >= 4 is 35.5 Å². The Hall–Kier alpha value is -1.06. The number of hydrogen-bond donors (Lipinski definition) is 0. The van der Waals surface area contributed by atoms with Crippen LogP contribution >= 0.6 is 23.2 Å². The van der Waals surface area contributed by atoms with E-state index in [0.29, 0.717) is 17.6 Å². The minimum atomic E-state index is -0.678. The van der Waals surface area contributed by atoms with E-state index in [1.165, 1.54) is 0 Å². The summed E-state index contributed by atoms with van der Waals surface area (Å²) in [5.74, 6) is -0.352. The molecule has 0 aliphatic heterocycles. The number of hydrogen-bond acceptors (Lipinski definition) is 3. The first-order valence-electron chi connectivity index (χ1n) is 4.13. The van der Waals surface area contributed by atoms with Crippen LogP contribution < -0.4 is 4.74 Å². The van der Waals surface area contributed by atoms with Crippen molar-refractivity contribution in [3.05, 3.63) is 29.8 Å². The van der Waals surface area contributed by atoms with E-state index in [-0.39, 0.29) is 5.88 Å². The summed E-state index contributed by atoms with van der Waals surface area (Å²) in [5.41, 5.74) is 0.650. The summed E-state index contributed by atoms with van der Waals surface area (Å²) >= 11 is 10.9. The van der Waals surface area contributed by atoms with E-state index in [9.17, 15) is 9.59 Å². The molecule has 0 aromatic heterocycles. The average Bonchev–Trinajstić information content (AvgIpc) is 2.29. The highest BCUT2D eigenvalue weighted by atomic mass is 35.5. The Labute approximate surface area is 96.9 Å². The molecule has 0 saturated carbocycles. The fraction of sp³-hybridized carbons (Fsp3) is 0.200. The molecule has 0 radical (unpaired) electrons. The molecule has 3 nitrogen and oxygen atoms in total. The van der Waals surface area contributed by atoms with E-state index < -0.39 is 11.3 Å². The van der Waals surface area contributed by atoms with Crippen LogP contribution in [0.1, 0.15) is 10.9 Å². The first-order valence-corrected chi connectivity index (χ1v) is 5.10. The third-order valence-corrected chi connectivity index (χ3v) is 2.23. The lowest BCUT2D eigenvalue weighted by Crippen LogP contribution is -2.08. The van der Waals surface area contributed by atoms with Crippen LogP contribution in [-0.4, -0.2) is 18.1 Å². The van der Waals surface area contributed by atoms with E-state index >= 15 is 0 Å². The summed E-state index contributed by atoms with van der Waals surface area (Å²) < 4.78 is 4.83. The number of esters is 1. The first-order chi connectivity index (χ1) is 7.17. The van der Waals surface area contributed by atoms with E-state index in [1.54, 1.807) is 24.3 Å². The van der Waals surface area contributed by atoms with Gasteiger partial charge in [-0.1, -0.05) is 12.1 Å². The molecule has 0 aliphatic rings. The molecule has 1 aromatic carbocycles. The summed E-state index contributed by atoms with van der Waals surface area (Å²) in [6, 6.07) is 6.34. The van der Waals surface area contributed by atoms with Gasteiger partial charge in [0.15, 0.2) is 0 Å². The number of alkyl halides is 2. The van der Waals surface area contributed by atoms with Crippen molar-refractivity contribution in [3.8, 4) is 5.75 Å². The fourth-order valence-corrected chi connectivity index (χ4v) is 1.16. The van der Waals surface area contributed by atoms with Crippen molar-refractivity contribution in [2.45, 2.75) is 5.38 Å². The zero-order valence-electron chi connectivity index (χ0n) is 7.65. The number of rotatable bonds is 4. The Bertz CT molecular complexity index is 348. The fourth-order valence-electron chi connectivity index (χ4n) is 0.957. The quantitative estimate of drug-likeness (QED) is 0.355. The van der Waals surface area contributed by atoms with Gasteiger partial charge in [0.25, 0.3) is 0 Å². The smallest absolute Gasteiger partial charge is 0.326 e. The van der Waals surface area contributed by atoms with Crippen molar-refractivity contribution < 1.29 is 14.3 Å². The van der Waals surface area contributed by atoms with Gasteiger partial charge >= 0.3 is 5.97 Å². The van der Waals surface area contributed by atoms with Crippen molar-refractivity contribution in [1.82, 2.24) is 0 Å². The molecule has 1 unspecified atom stereocenters. The van der Waals surface area contributed by atoms with E-state index in [2.05, 4.69) is 0 Å². The van der Waals surface area contributed by atoms with Gasteiger partial charge in [-0.15, -0.1) is 23.2 Å². The Morgan fingerprint density at radius 2 is 2.00 bits per heavy atom. The largest absolute Gasteiger partial charge is 0.426 e. The zero-order valence-corrected chi connectivity index (χ0v) is 9.16. The van der Waals surface area contributed by atoms with Crippen molar-refractivity contribution in [3.63, 3.8) is 0 Å². The Morgan fingerprint density at radius 1 is 1.40 bits per heavy atom. The van der Waals surface area contributed by atoms with Crippen LogP contribution in [0.2, 0.25) is 0 Å². The van der Waals surface area contributed by atoms with Crippen LogP contribution in [0.25, 0.3) is 0 Å². The van der Waals surface area contributed by atoms with Crippen LogP contribution in [0.15, 0.2) is 24.3 Å². The summed E-state index contributed by atoms with van der Waals surface area (Å²) in [4.78, 5) is 21.2. The van der Waals surface area contributed by atoms with Gasteiger partial charge in [0.1, 0.15) is 23.3 Å². The van der Waals surface area contributed by atoms with Gasteiger partial charge in [-0.3, -0.25) is 4.79 Å². The highest BCUT2D eigenvalue weighted by molar-refractivity contribution is 6.27. The van der Waals surface area contributed by atoms with Crippen LogP contribution in [0.3, 0.4) is 0 Å². The maximum absolute atomic E-state index is 10.8. The Balaban J connectivity index is 2.72. The molecule has 0 bridgehead atoms. The van der Waals surface area contributed by atoms with Gasteiger partial charge in [-0.25, -0.2) is 0 Å². The van der Waals surface area contributed by atoms with Crippen LogP contribution in [0, 0.1) is 0 Å². The minimum absolute atomic E-state index is 0.200. The van der Waals surface area contributed by atoms with Gasteiger partial charge in [-0.2, -0.15) is 0 Å². The molecule has 5 heteroatoms. The summed E-state index contributed by atoms with van der Waals surface area (Å²) in [6.45, 7) is 0. The third kappa shape index (κ3) is 3.53. The molecule has 0 amide bonds. The molecule has 1 aromatic rings. The van der Waals surface area contributed by atoms with E-state index in [1.807, 2.05) is 0 Å². The van der Waals surface area contributed by atoms with Crippen LogP contribution in [0.4, 0.5) is 0 Å². The van der Waals surface area contributed by atoms with Crippen molar-refractivity contribution in [2.75, 3.05) is 5.88 Å². The maximum atomic E-state index is 10.8. The predicted molar refractivity (Wildman–Crippen MR) is 57.5 cm³/mol. The number of carbonyl (C=O) groups excluding carboxylic acids is 2. The second-order valence-corrected chi connectivity index (χ2v) is 3.45. The molecule has 0 spiro atoms. The number of benzene rings is 1. The summed E-state index contributed by atoms with van der Waals surface area (Å²) in [5, 5.41) is -0.678. The molecule has 0 saturated heterocycles. The molecule has 0 heterocycles. The standard InChI is InChI=1S/C10H8Cl2O3/c11-5-10(14)15-8-3-1-7(2-4-8)9(12)6-13/h1-4,6,9H,5H2. The summed E-state index contributed by atoms with van der Waals surface area (Å²) in [6.07, 6.45) is 0.626. The van der Waals surface area contributed by atoms with Gasteiger partial charge in [-0.05, 0) is 17.7 Å². The van der Waals surface area contributed by atoms with Crippen LogP contribution in [-0.2, 0) is 9.59 Å². The first kappa shape index (κ1) is 12.0. The second kappa shape index (κ2) is 5.73. The lowest BCUT2D eigenvalue weighted by molar-refractivity contribution is -0.131. The lowest BCUT2D eigenvalue weighted by Gasteiger charge is -2.04. The highest BCUT2D eigenvalue weighted by Gasteiger charge is 2.07. The van der Waals surface area contributed by atoms with Crippen molar-refractivity contribution in [2.24, 2.45) is 0 Å². The van der Waals surface area contributed by atoms with Crippen molar-refractivity contribution in [1.29, 1.82) is 0 Å². The molecular formula is C10H8Cl2O3. The lowest BCUT2D eigenvalue weighted by atomic mass is 10.1. The average molecular weight is 247 g/mol. The molecule has 0 N–H and O–H groups in total. The molecule has 15 heavy (non-hydrogen) atoms.